The number of hydrogen-bond acceptors (Lipinski definition) is 5. The third kappa shape index (κ3) is 6.24. The average molecular weight is 401 g/mol. The van der Waals surface area contributed by atoms with E-state index in [0.29, 0.717) is 28.5 Å². The Morgan fingerprint density at radius 1 is 1.14 bits per heavy atom. The summed E-state index contributed by atoms with van der Waals surface area (Å²) in [7, 11) is 1.60. The number of aromatic hydroxyl groups is 1. The molecule has 8 heteroatoms. The molecule has 0 radical (unpaired) electrons. The zero-order chi connectivity index (χ0) is 20.5. The monoisotopic (exact) mass is 400 g/mol. The van der Waals surface area contributed by atoms with Crippen LogP contribution in [0.1, 0.15) is 32.3 Å². The molecule has 0 atom stereocenters. The highest BCUT2D eigenvalue weighted by atomic mass is 32.1. The summed E-state index contributed by atoms with van der Waals surface area (Å²) in [6, 6.07) is 12.1. The first-order valence-electron chi connectivity index (χ1n) is 8.81. The molecule has 0 spiro atoms. The molecule has 0 saturated carbocycles. The Morgan fingerprint density at radius 3 is 2.46 bits per heavy atom. The van der Waals surface area contributed by atoms with Gasteiger partial charge in [0, 0.05) is 23.4 Å². The van der Waals surface area contributed by atoms with Gasteiger partial charge in [-0.1, -0.05) is 6.92 Å². The lowest BCUT2D eigenvalue weighted by Crippen LogP contribution is -2.25. The minimum absolute atomic E-state index is 0.0607. The molecule has 2 aromatic rings. The zero-order valence-electron chi connectivity index (χ0n) is 16.1. The first kappa shape index (κ1) is 21.2. The number of carbonyl (C=O) groups is 1. The lowest BCUT2D eigenvalue weighted by Gasteiger charge is -2.11. The topological polar surface area (TPSA) is 95.0 Å². The number of phenolic OH excluding ortho intramolecular Hbond substituents is 1. The fourth-order valence-electron chi connectivity index (χ4n) is 2.38. The molecule has 7 nitrogen and oxygen atoms in total. The summed E-state index contributed by atoms with van der Waals surface area (Å²) < 4.78 is 5.11. The highest BCUT2D eigenvalue weighted by Crippen LogP contribution is 2.22. The normalized spacial score (nSPS) is 10.9. The summed E-state index contributed by atoms with van der Waals surface area (Å²) in [6.45, 7) is 3.67. The number of nitrogens with zero attached hydrogens (tertiary/aromatic N) is 1. The van der Waals surface area contributed by atoms with Crippen LogP contribution in [0.3, 0.4) is 0 Å². The van der Waals surface area contributed by atoms with E-state index < -0.39 is 0 Å². The molecule has 0 aliphatic rings. The van der Waals surface area contributed by atoms with Gasteiger partial charge in [0.05, 0.1) is 12.8 Å². The SMILES string of the molecule is CCCC(=O)Nc1ccc(O)c(/C(C)=N/NC(=S)Nc2ccc(OC)cc2)c1. The largest absolute Gasteiger partial charge is 0.507 e. The molecule has 0 aliphatic carbocycles. The van der Waals surface area contributed by atoms with Gasteiger partial charge in [-0.2, -0.15) is 5.10 Å². The molecule has 0 heterocycles. The predicted octanol–water partition coefficient (Wildman–Crippen LogP) is 3.85. The molecule has 28 heavy (non-hydrogen) atoms. The standard InChI is InChI=1S/C20H24N4O3S/c1-4-5-19(26)21-15-8-11-18(25)17(12-15)13(2)23-24-20(28)22-14-6-9-16(27-3)10-7-14/h6-12,25H,4-5H2,1-3H3,(H,21,26)(H2,22,24,28)/b23-13+. The second kappa shape index (κ2) is 10.3. The van der Waals surface area contributed by atoms with Crippen molar-refractivity contribution in [3.05, 3.63) is 48.0 Å². The first-order chi connectivity index (χ1) is 13.4. The molecular formula is C20H24N4O3S. The molecule has 0 bridgehead atoms. The molecule has 0 aliphatic heterocycles. The number of thiocarbonyl (C=S) groups is 1. The summed E-state index contributed by atoms with van der Waals surface area (Å²) in [4.78, 5) is 11.8. The van der Waals surface area contributed by atoms with Crippen molar-refractivity contribution in [2.24, 2.45) is 5.10 Å². The smallest absolute Gasteiger partial charge is 0.224 e. The number of nitrogens with one attached hydrogen (secondary N) is 3. The fourth-order valence-corrected chi connectivity index (χ4v) is 2.55. The van der Waals surface area contributed by atoms with Gasteiger partial charge in [0.1, 0.15) is 11.5 Å². The predicted molar refractivity (Wildman–Crippen MR) is 116 cm³/mol. The molecule has 2 aromatic carbocycles. The van der Waals surface area contributed by atoms with Crippen molar-refractivity contribution in [3.63, 3.8) is 0 Å². The van der Waals surface area contributed by atoms with Crippen molar-refractivity contribution in [2.45, 2.75) is 26.7 Å². The number of methoxy groups -OCH3 is 1. The number of amides is 1. The van der Waals surface area contributed by atoms with Gasteiger partial charge in [-0.15, -0.1) is 0 Å². The minimum Gasteiger partial charge on any atom is -0.507 e. The van der Waals surface area contributed by atoms with Gasteiger partial charge < -0.3 is 20.5 Å². The Morgan fingerprint density at radius 2 is 1.82 bits per heavy atom. The van der Waals surface area contributed by atoms with Crippen LogP contribution in [-0.4, -0.2) is 28.9 Å². The number of carbonyl (C=O) groups excluding carboxylic acids is 1. The molecule has 0 unspecified atom stereocenters. The van der Waals surface area contributed by atoms with E-state index >= 15 is 0 Å². The Labute approximate surface area is 169 Å². The van der Waals surface area contributed by atoms with Gasteiger partial charge >= 0.3 is 0 Å². The average Bonchev–Trinajstić information content (AvgIpc) is 2.68. The maximum atomic E-state index is 11.8. The molecule has 2 rings (SSSR count). The van der Waals surface area contributed by atoms with Crippen LogP contribution in [0, 0.1) is 0 Å². The summed E-state index contributed by atoms with van der Waals surface area (Å²) in [5, 5.41) is 20.4. The summed E-state index contributed by atoms with van der Waals surface area (Å²) >= 11 is 5.23. The van der Waals surface area contributed by atoms with Crippen LogP contribution in [0.25, 0.3) is 0 Å². The number of anilines is 2. The molecule has 1 amide bonds. The van der Waals surface area contributed by atoms with Crippen molar-refractivity contribution in [3.8, 4) is 11.5 Å². The maximum Gasteiger partial charge on any atom is 0.224 e. The molecule has 0 aromatic heterocycles. The Kier molecular flexibility index (Phi) is 7.76. The molecule has 0 saturated heterocycles. The van der Waals surface area contributed by atoms with Gasteiger partial charge in [0.15, 0.2) is 5.11 Å². The number of phenols is 1. The van der Waals surface area contributed by atoms with Crippen LogP contribution in [-0.2, 0) is 4.79 Å². The van der Waals surface area contributed by atoms with Crippen LogP contribution in [0.15, 0.2) is 47.6 Å². The molecule has 4 N–H and O–H groups in total. The highest BCUT2D eigenvalue weighted by molar-refractivity contribution is 7.80. The van der Waals surface area contributed by atoms with Crippen molar-refractivity contribution < 1.29 is 14.6 Å². The van der Waals surface area contributed by atoms with E-state index in [1.165, 1.54) is 6.07 Å². The third-order valence-electron chi connectivity index (χ3n) is 3.82. The van der Waals surface area contributed by atoms with Gasteiger partial charge in [-0.25, -0.2) is 0 Å². The van der Waals surface area contributed by atoms with Crippen molar-refractivity contribution >= 4 is 40.3 Å². The number of hydrazone groups is 1. The Balaban J connectivity index is 2.03. The summed E-state index contributed by atoms with van der Waals surface area (Å²) in [5.41, 5.74) is 5.14. The maximum absolute atomic E-state index is 11.8. The van der Waals surface area contributed by atoms with Crippen LogP contribution < -0.4 is 20.8 Å². The Bertz CT molecular complexity index is 866. The Hall–Kier alpha value is -3.13. The molecule has 0 fully saturated rings. The lowest BCUT2D eigenvalue weighted by molar-refractivity contribution is -0.116. The molecular weight excluding hydrogens is 376 g/mol. The van der Waals surface area contributed by atoms with Crippen LogP contribution in [0.5, 0.6) is 11.5 Å². The summed E-state index contributed by atoms with van der Waals surface area (Å²) in [6.07, 6.45) is 1.20. The third-order valence-corrected chi connectivity index (χ3v) is 4.01. The zero-order valence-corrected chi connectivity index (χ0v) is 16.9. The number of rotatable bonds is 7. The van der Waals surface area contributed by atoms with Crippen molar-refractivity contribution in [1.82, 2.24) is 5.43 Å². The van der Waals surface area contributed by atoms with E-state index in [2.05, 4.69) is 21.2 Å². The van der Waals surface area contributed by atoms with Crippen molar-refractivity contribution in [2.75, 3.05) is 17.7 Å². The lowest BCUT2D eigenvalue weighted by atomic mass is 10.1. The van der Waals surface area contributed by atoms with Crippen molar-refractivity contribution in [1.29, 1.82) is 0 Å². The fraction of sp³-hybridized carbons (Fsp3) is 0.250. The quantitative estimate of drug-likeness (QED) is 0.244. The van der Waals surface area contributed by atoms with Crippen LogP contribution >= 0.6 is 12.2 Å². The van der Waals surface area contributed by atoms with Gasteiger partial charge in [-0.05, 0) is 68.0 Å². The van der Waals surface area contributed by atoms with Gasteiger partial charge in [0.25, 0.3) is 0 Å². The molecule has 148 valence electrons. The first-order valence-corrected chi connectivity index (χ1v) is 9.22. The number of hydrogen-bond donors (Lipinski definition) is 4. The summed E-state index contributed by atoms with van der Waals surface area (Å²) in [5.74, 6) is 0.738. The second-order valence-electron chi connectivity index (χ2n) is 6.02. The van der Waals surface area contributed by atoms with Crippen LogP contribution in [0.4, 0.5) is 11.4 Å². The highest BCUT2D eigenvalue weighted by Gasteiger charge is 2.09. The van der Waals surface area contributed by atoms with E-state index in [1.807, 2.05) is 31.2 Å². The number of benzene rings is 2. The van der Waals surface area contributed by atoms with Gasteiger partial charge in [0.2, 0.25) is 5.91 Å². The minimum atomic E-state index is -0.0725. The van der Waals surface area contributed by atoms with E-state index in [1.54, 1.807) is 26.2 Å². The van der Waals surface area contributed by atoms with E-state index in [0.717, 1.165) is 17.9 Å². The van der Waals surface area contributed by atoms with E-state index in [-0.39, 0.29) is 11.7 Å². The van der Waals surface area contributed by atoms with Crippen LogP contribution in [0.2, 0.25) is 0 Å². The number of ether oxygens (including phenoxy) is 1. The van der Waals surface area contributed by atoms with E-state index in [4.69, 9.17) is 17.0 Å². The van der Waals surface area contributed by atoms with Gasteiger partial charge in [-0.3, -0.25) is 10.2 Å². The van der Waals surface area contributed by atoms with E-state index in [9.17, 15) is 9.90 Å². The second-order valence-corrected chi connectivity index (χ2v) is 6.43.